The Bertz CT molecular complexity index is 889. The summed E-state index contributed by atoms with van der Waals surface area (Å²) >= 11 is 1.38. The lowest BCUT2D eigenvalue weighted by Crippen LogP contribution is -2.14. The van der Waals surface area contributed by atoms with Gasteiger partial charge in [-0.05, 0) is 43.3 Å². The van der Waals surface area contributed by atoms with Gasteiger partial charge in [0.05, 0.1) is 11.1 Å². The standard InChI is InChI=1S/C19H15NO4S/c1-13-8-9-18(25-13)16(21)12-23-19(22)15-6-2-3-7-17(15)24-14-5-4-10-20-11-14/h2-11H,12H2,1H3. The molecule has 0 amide bonds. The smallest absolute Gasteiger partial charge is 0.342 e. The average molecular weight is 353 g/mol. The van der Waals surface area contributed by atoms with Crippen LogP contribution in [0.25, 0.3) is 0 Å². The van der Waals surface area contributed by atoms with Gasteiger partial charge in [-0.2, -0.15) is 0 Å². The van der Waals surface area contributed by atoms with E-state index < -0.39 is 5.97 Å². The van der Waals surface area contributed by atoms with Crippen LogP contribution in [0.5, 0.6) is 11.5 Å². The third-order valence-corrected chi connectivity index (χ3v) is 4.36. The van der Waals surface area contributed by atoms with Crippen LogP contribution < -0.4 is 4.74 Å². The Labute approximate surface area is 148 Å². The second kappa shape index (κ2) is 7.72. The molecule has 3 rings (SSSR count). The molecule has 3 aromatic rings. The molecule has 126 valence electrons. The molecule has 0 N–H and O–H groups in total. The summed E-state index contributed by atoms with van der Waals surface area (Å²) in [6.45, 7) is 1.61. The SMILES string of the molecule is Cc1ccc(C(=O)COC(=O)c2ccccc2Oc2cccnc2)s1. The van der Waals surface area contributed by atoms with Crippen molar-refractivity contribution in [2.75, 3.05) is 6.61 Å². The van der Waals surface area contributed by atoms with Crippen molar-refractivity contribution in [3.05, 3.63) is 76.2 Å². The first kappa shape index (κ1) is 16.9. The maximum atomic E-state index is 12.3. The van der Waals surface area contributed by atoms with Crippen LogP contribution in [0.15, 0.2) is 60.9 Å². The van der Waals surface area contributed by atoms with E-state index in [2.05, 4.69) is 4.98 Å². The Morgan fingerprint density at radius 1 is 1.08 bits per heavy atom. The predicted molar refractivity (Wildman–Crippen MR) is 94.4 cm³/mol. The van der Waals surface area contributed by atoms with Crippen molar-refractivity contribution < 1.29 is 19.1 Å². The van der Waals surface area contributed by atoms with E-state index in [4.69, 9.17) is 9.47 Å². The molecule has 0 unspecified atom stereocenters. The normalized spacial score (nSPS) is 10.3. The summed E-state index contributed by atoms with van der Waals surface area (Å²) in [5.74, 6) is 0.0195. The quantitative estimate of drug-likeness (QED) is 0.489. The molecule has 1 aromatic carbocycles. The highest BCUT2D eigenvalue weighted by atomic mass is 32.1. The number of ether oxygens (including phenoxy) is 2. The van der Waals surface area contributed by atoms with Gasteiger partial charge in [-0.1, -0.05) is 12.1 Å². The molecule has 0 fully saturated rings. The number of pyridine rings is 1. The lowest BCUT2D eigenvalue weighted by Gasteiger charge is -2.10. The van der Waals surface area contributed by atoms with Crippen LogP contribution >= 0.6 is 11.3 Å². The van der Waals surface area contributed by atoms with Crippen molar-refractivity contribution in [3.8, 4) is 11.5 Å². The fraction of sp³-hybridized carbons (Fsp3) is 0.105. The van der Waals surface area contributed by atoms with E-state index in [1.165, 1.54) is 11.3 Å². The Morgan fingerprint density at radius 2 is 1.92 bits per heavy atom. The lowest BCUT2D eigenvalue weighted by molar-refractivity contribution is 0.0473. The van der Waals surface area contributed by atoms with Crippen LogP contribution in [0.2, 0.25) is 0 Å². The Hall–Kier alpha value is -2.99. The van der Waals surface area contributed by atoms with Crippen LogP contribution in [-0.4, -0.2) is 23.3 Å². The Morgan fingerprint density at radius 3 is 2.64 bits per heavy atom. The molecule has 0 aliphatic carbocycles. The fourth-order valence-corrected chi connectivity index (χ4v) is 2.91. The van der Waals surface area contributed by atoms with E-state index in [1.807, 2.05) is 13.0 Å². The van der Waals surface area contributed by atoms with Crippen LogP contribution in [0, 0.1) is 6.92 Å². The highest BCUT2D eigenvalue weighted by Gasteiger charge is 2.17. The zero-order valence-electron chi connectivity index (χ0n) is 13.5. The molecular formula is C19H15NO4S. The first-order chi connectivity index (χ1) is 12.1. The number of aromatic nitrogens is 1. The van der Waals surface area contributed by atoms with Crippen LogP contribution in [0.4, 0.5) is 0 Å². The van der Waals surface area contributed by atoms with E-state index in [-0.39, 0.29) is 18.0 Å². The number of carbonyl (C=O) groups is 2. The van der Waals surface area contributed by atoms with Gasteiger partial charge >= 0.3 is 5.97 Å². The molecule has 0 atom stereocenters. The van der Waals surface area contributed by atoms with Gasteiger partial charge < -0.3 is 9.47 Å². The number of ketones is 1. The van der Waals surface area contributed by atoms with Gasteiger partial charge in [-0.25, -0.2) is 4.79 Å². The second-order valence-corrected chi connectivity index (χ2v) is 6.48. The highest BCUT2D eigenvalue weighted by Crippen LogP contribution is 2.25. The number of thiophene rings is 1. The molecule has 2 heterocycles. The van der Waals surface area contributed by atoms with Crippen LogP contribution in [0.3, 0.4) is 0 Å². The average Bonchev–Trinajstić information content (AvgIpc) is 3.07. The summed E-state index contributed by atoms with van der Waals surface area (Å²) in [6, 6.07) is 13.8. The number of hydrogen-bond acceptors (Lipinski definition) is 6. The molecule has 0 aliphatic rings. The van der Waals surface area contributed by atoms with Gasteiger partial charge in [-0.15, -0.1) is 11.3 Å². The largest absolute Gasteiger partial charge is 0.455 e. The number of esters is 1. The third-order valence-electron chi connectivity index (χ3n) is 3.32. The number of carbonyl (C=O) groups excluding carboxylic acids is 2. The summed E-state index contributed by atoms with van der Waals surface area (Å²) < 4.78 is 10.8. The maximum absolute atomic E-state index is 12.3. The van der Waals surface area contributed by atoms with Crippen LogP contribution in [-0.2, 0) is 4.74 Å². The van der Waals surface area contributed by atoms with Gasteiger partial charge in [-0.3, -0.25) is 9.78 Å². The van der Waals surface area contributed by atoms with E-state index >= 15 is 0 Å². The number of nitrogens with zero attached hydrogens (tertiary/aromatic N) is 1. The topological polar surface area (TPSA) is 65.5 Å². The Balaban J connectivity index is 1.69. The first-order valence-corrected chi connectivity index (χ1v) is 8.39. The first-order valence-electron chi connectivity index (χ1n) is 7.57. The number of hydrogen-bond donors (Lipinski definition) is 0. The molecule has 5 nitrogen and oxygen atoms in total. The minimum atomic E-state index is -0.610. The van der Waals surface area contributed by atoms with Crippen molar-refractivity contribution in [3.63, 3.8) is 0 Å². The monoisotopic (exact) mass is 353 g/mol. The molecular weight excluding hydrogens is 338 g/mol. The predicted octanol–water partition coefficient (Wildman–Crippen LogP) is 4.28. The minimum Gasteiger partial charge on any atom is -0.455 e. The van der Waals surface area contributed by atoms with Gasteiger partial charge in [0, 0.05) is 11.1 Å². The van der Waals surface area contributed by atoms with Crippen molar-refractivity contribution in [1.82, 2.24) is 4.98 Å². The third kappa shape index (κ3) is 4.30. The Kier molecular flexibility index (Phi) is 5.20. The summed E-state index contributed by atoms with van der Waals surface area (Å²) in [4.78, 5) is 30.0. The minimum absolute atomic E-state index is 0.225. The molecule has 6 heteroatoms. The summed E-state index contributed by atoms with van der Waals surface area (Å²) in [6.07, 6.45) is 3.18. The fourth-order valence-electron chi connectivity index (χ4n) is 2.12. The zero-order chi connectivity index (χ0) is 17.6. The second-order valence-electron chi connectivity index (χ2n) is 5.20. The molecule has 0 saturated heterocycles. The summed E-state index contributed by atoms with van der Waals surface area (Å²) in [5, 5.41) is 0. The van der Waals surface area contributed by atoms with Gasteiger partial charge in [0.25, 0.3) is 0 Å². The molecule has 0 aliphatic heterocycles. The maximum Gasteiger partial charge on any atom is 0.342 e. The molecule has 2 aromatic heterocycles. The molecule has 0 bridgehead atoms. The van der Waals surface area contributed by atoms with E-state index in [1.54, 1.807) is 54.9 Å². The van der Waals surface area contributed by atoms with Crippen molar-refractivity contribution >= 4 is 23.1 Å². The lowest BCUT2D eigenvalue weighted by atomic mass is 10.2. The van der Waals surface area contributed by atoms with Gasteiger partial charge in [0.15, 0.2) is 6.61 Å². The molecule has 0 radical (unpaired) electrons. The van der Waals surface area contributed by atoms with Crippen molar-refractivity contribution in [1.29, 1.82) is 0 Å². The number of rotatable bonds is 6. The van der Waals surface area contributed by atoms with Crippen molar-refractivity contribution in [2.45, 2.75) is 6.92 Å². The van der Waals surface area contributed by atoms with E-state index in [0.29, 0.717) is 16.4 Å². The van der Waals surface area contributed by atoms with E-state index in [9.17, 15) is 9.59 Å². The number of aryl methyl sites for hydroxylation is 1. The molecule has 0 spiro atoms. The van der Waals surface area contributed by atoms with E-state index in [0.717, 1.165) is 4.88 Å². The highest BCUT2D eigenvalue weighted by molar-refractivity contribution is 7.14. The number of para-hydroxylation sites is 1. The van der Waals surface area contributed by atoms with Gasteiger partial charge in [0.1, 0.15) is 17.1 Å². The zero-order valence-corrected chi connectivity index (χ0v) is 14.3. The van der Waals surface area contributed by atoms with Gasteiger partial charge in [0.2, 0.25) is 5.78 Å². The van der Waals surface area contributed by atoms with Crippen molar-refractivity contribution in [2.24, 2.45) is 0 Å². The molecule has 25 heavy (non-hydrogen) atoms. The van der Waals surface area contributed by atoms with Crippen LogP contribution in [0.1, 0.15) is 24.9 Å². The summed E-state index contributed by atoms with van der Waals surface area (Å²) in [7, 11) is 0. The molecule has 0 saturated carbocycles. The number of Topliss-reactive ketones (excluding diaryl/α,β-unsaturated/α-hetero) is 1. The summed E-state index contributed by atoms with van der Waals surface area (Å²) in [5.41, 5.74) is 0.251. The number of benzene rings is 1.